The summed E-state index contributed by atoms with van der Waals surface area (Å²) in [4.78, 5) is 24.9. The van der Waals surface area contributed by atoms with Crippen molar-refractivity contribution in [2.75, 3.05) is 5.32 Å². The van der Waals surface area contributed by atoms with Gasteiger partial charge in [0.05, 0.1) is 21.0 Å². The van der Waals surface area contributed by atoms with Crippen LogP contribution in [-0.2, 0) is 11.0 Å². The van der Waals surface area contributed by atoms with Gasteiger partial charge in [-0.25, -0.2) is 15.0 Å². The molecule has 3 heterocycles. The molecule has 12 heteroatoms. The summed E-state index contributed by atoms with van der Waals surface area (Å²) < 4.78 is 39.4. The number of carboxylic acid groups (broad SMARTS) is 1. The van der Waals surface area contributed by atoms with Gasteiger partial charge in [0.1, 0.15) is 5.69 Å². The molecule has 1 saturated carbocycles. The molecule has 0 saturated heterocycles. The highest BCUT2D eigenvalue weighted by atomic mass is 32.1. The van der Waals surface area contributed by atoms with E-state index in [1.165, 1.54) is 11.3 Å². The molecular formula is C26H25F3N6O2S. The van der Waals surface area contributed by atoms with Crippen LogP contribution in [0.1, 0.15) is 49.7 Å². The molecule has 5 rings (SSSR count). The van der Waals surface area contributed by atoms with E-state index in [-0.39, 0.29) is 17.8 Å². The number of aliphatic carboxylic acids is 1. The molecule has 0 amide bonds. The maximum atomic E-state index is 13.1. The second-order valence-electron chi connectivity index (χ2n) is 9.82. The van der Waals surface area contributed by atoms with Gasteiger partial charge in [-0.1, -0.05) is 6.92 Å². The van der Waals surface area contributed by atoms with Gasteiger partial charge in [0.15, 0.2) is 0 Å². The highest BCUT2D eigenvalue weighted by molar-refractivity contribution is 7.15. The van der Waals surface area contributed by atoms with Gasteiger partial charge in [-0.3, -0.25) is 9.89 Å². The van der Waals surface area contributed by atoms with Crippen LogP contribution in [0.15, 0.2) is 48.9 Å². The lowest BCUT2D eigenvalue weighted by molar-refractivity contribution is -0.153. The van der Waals surface area contributed by atoms with Gasteiger partial charge in [0.25, 0.3) is 0 Å². The number of nitrogens with zero attached hydrogens (tertiary/aromatic N) is 4. The fourth-order valence-electron chi connectivity index (χ4n) is 4.80. The first-order chi connectivity index (χ1) is 18.0. The van der Waals surface area contributed by atoms with Crippen LogP contribution < -0.4 is 5.32 Å². The SMILES string of the molecule is CC1CC(c2ncc(-c3cc(Nc4nccc(C(F)(F)F)n4)cc(-c4ccn[nH]4)c3)s2)CCC1(C)C(=O)O. The molecule has 4 aromatic rings. The Labute approximate surface area is 220 Å². The third-order valence-electron chi connectivity index (χ3n) is 7.33. The first kappa shape index (κ1) is 25.8. The number of carboxylic acids is 1. The Morgan fingerprint density at radius 1 is 1.18 bits per heavy atom. The average Bonchev–Trinajstić information content (AvgIpc) is 3.58. The molecule has 3 atom stereocenters. The second-order valence-corrected chi connectivity index (χ2v) is 10.9. The van der Waals surface area contributed by atoms with Crippen molar-refractivity contribution in [3.8, 4) is 21.7 Å². The van der Waals surface area contributed by atoms with Crippen LogP contribution >= 0.6 is 11.3 Å². The molecule has 0 bridgehead atoms. The van der Waals surface area contributed by atoms with Gasteiger partial charge in [-0.15, -0.1) is 11.3 Å². The smallest absolute Gasteiger partial charge is 0.433 e. The highest BCUT2D eigenvalue weighted by Gasteiger charge is 2.44. The van der Waals surface area contributed by atoms with Gasteiger partial charge in [-0.05, 0) is 68.0 Å². The number of aromatic amines is 1. The number of benzene rings is 1. The summed E-state index contributed by atoms with van der Waals surface area (Å²) in [6.07, 6.45) is 1.95. The number of rotatable bonds is 6. The Hall–Kier alpha value is -3.80. The summed E-state index contributed by atoms with van der Waals surface area (Å²) in [7, 11) is 0. The predicted octanol–water partition coefficient (Wildman–Crippen LogP) is 6.75. The third-order valence-corrected chi connectivity index (χ3v) is 8.54. The fourth-order valence-corrected chi connectivity index (χ4v) is 5.85. The van der Waals surface area contributed by atoms with Crippen molar-refractivity contribution in [3.63, 3.8) is 0 Å². The zero-order valence-corrected chi connectivity index (χ0v) is 21.4. The van der Waals surface area contributed by atoms with Crippen molar-refractivity contribution >= 4 is 28.9 Å². The lowest BCUT2D eigenvalue weighted by Gasteiger charge is -2.39. The normalized spacial score (nSPS) is 21.8. The zero-order chi connectivity index (χ0) is 27.1. The number of thiazole rings is 1. The van der Waals surface area contributed by atoms with Gasteiger partial charge < -0.3 is 10.4 Å². The topological polar surface area (TPSA) is 117 Å². The van der Waals surface area contributed by atoms with Crippen molar-refractivity contribution in [3.05, 3.63) is 59.6 Å². The summed E-state index contributed by atoms with van der Waals surface area (Å²) in [6.45, 7) is 3.80. The number of halogens is 3. The van der Waals surface area contributed by atoms with Crippen LogP contribution in [0.5, 0.6) is 0 Å². The van der Waals surface area contributed by atoms with E-state index < -0.39 is 23.3 Å². The molecular weight excluding hydrogens is 517 g/mol. The number of hydrogen-bond acceptors (Lipinski definition) is 7. The van der Waals surface area contributed by atoms with Crippen molar-refractivity contribution < 1.29 is 23.1 Å². The molecule has 1 fully saturated rings. The van der Waals surface area contributed by atoms with E-state index in [1.807, 2.05) is 26.0 Å². The second kappa shape index (κ2) is 9.82. The van der Waals surface area contributed by atoms with Crippen molar-refractivity contribution in [2.45, 2.75) is 45.2 Å². The lowest BCUT2D eigenvalue weighted by atomic mass is 9.65. The quantitative estimate of drug-likeness (QED) is 0.247. The molecule has 38 heavy (non-hydrogen) atoms. The molecule has 0 radical (unpaired) electrons. The summed E-state index contributed by atoms with van der Waals surface area (Å²) in [6, 6.07) is 8.16. The number of hydrogen-bond donors (Lipinski definition) is 3. The van der Waals surface area contributed by atoms with Crippen LogP contribution in [-0.4, -0.2) is 36.2 Å². The van der Waals surface area contributed by atoms with Crippen LogP contribution in [0, 0.1) is 11.3 Å². The molecule has 0 spiro atoms. The summed E-state index contributed by atoms with van der Waals surface area (Å²) >= 11 is 1.54. The predicted molar refractivity (Wildman–Crippen MR) is 137 cm³/mol. The van der Waals surface area contributed by atoms with Crippen LogP contribution in [0.3, 0.4) is 0 Å². The number of carbonyl (C=O) groups is 1. The first-order valence-corrected chi connectivity index (χ1v) is 12.9. The molecule has 3 aromatic heterocycles. The van der Waals surface area contributed by atoms with Gasteiger partial charge in [0.2, 0.25) is 5.95 Å². The molecule has 1 aliphatic rings. The van der Waals surface area contributed by atoms with E-state index in [4.69, 9.17) is 0 Å². The standard InChI is InChI=1S/C26H25F3N6O2S/c1-14-9-15(3-6-25(14,2)23(36)37)22-31-13-20(38-22)17-10-16(19-4-8-32-35-19)11-18(12-17)33-24-30-7-5-21(34-24)26(27,28)29/h4-5,7-8,10-15H,3,6,9H2,1-2H3,(H,32,35)(H,36,37)(H,30,33,34). The molecule has 3 N–H and O–H groups in total. The van der Waals surface area contributed by atoms with Crippen LogP contribution in [0.2, 0.25) is 0 Å². The molecule has 1 aliphatic carbocycles. The van der Waals surface area contributed by atoms with Crippen molar-refractivity contribution in [1.29, 1.82) is 0 Å². The maximum absolute atomic E-state index is 13.1. The Morgan fingerprint density at radius 2 is 1.97 bits per heavy atom. The average molecular weight is 543 g/mol. The van der Waals surface area contributed by atoms with Gasteiger partial charge in [-0.2, -0.15) is 18.3 Å². The molecule has 8 nitrogen and oxygen atoms in total. The Balaban J connectivity index is 1.45. The number of anilines is 2. The van der Waals surface area contributed by atoms with E-state index in [1.54, 1.807) is 24.5 Å². The zero-order valence-electron chi connectivity index (χ0n) is 20.6. The van der Waals surface area contributed by atoms with E-state index >= 15 is 0 Å². The minimum absolute atomic E-state index is 0.0121. The van der Waals surface area contributed by atoms with E-state index in [0.29, 0.717) is 12.1 Å². The Kier molecular flexibility index (Phi) is 6.68. The number of alkyl halides is 3. The third kappa shape index (κ3) is 5.13. The number of nitrogens with one attached hydrogen (secondary N) is 2. The maximum Gasteiger partial charge on any atom is 0.433 e. The van der Waals surface area contributed by atoms with Crippen molar-refractivity contribution in [1.82, 2.24) is 25.1 Å². The Bertz CT molecular complexity index is 1460. The minimum Gasteiger partial charge on any atom is -0.481 e. The largest absolute Gasteiger partial charge is 0.481 e. The fraction of sp³-hybridized carbons (Fsp3) is 0.346. The number of aromatic nitrogens is 5. The minimum atomic E-state index is -4.58. The van der Waals surface area contributed by atoms with E-state index in [2.05, 4.69) is 30.5 Å². The molecule has 198 valence electrons. The molecule has 1 aromatic carbocycles. The summed E-state index contributed by atoms with van der Waals surface area (Å²) in [5.41, 5.74) is 1.06. The Morgan fingerprint density at radius 3 is 2.66 bits per heavy atom. The first-order valence-electron chi connectivity index (χ1n) is 12.0. The number of H-pyrrole nitrogens is 1. The van der Waals surface area contributed by atoms with Gasteiger partial charge in [0, 0.05) is 35.8 Å². The molecule has 3 unspecified atom stereocenters. The monoisotopic (exact) mass is 542 g/mol. The molecule has 0 aliphatic heterocycles. The van der Waals surface area contributed by atoms with Crippen molar-refractivity contribution in [2.24, 2.45) is 11.3 Å². The van der Waals surface area contributed by atoms with Crippen LogP contribution in [0.25, 0.3) is 21.7 Å². The van der Waals surface area contributed by atoms with E-state index in [0.717, 1.165) is 51.8 Å². The van der Waals surface area contributed by atoms with E-state index in [9.17, 15) is 23.1 Å². The van der Waals surface area contributed by atoms with Gasteiger partial charge >= 0.3 is 12.1 Å². The van der Waals surface area contributed by atoms with Crippen LogP contribution in [0.4, 0.5) is 24.8 Å². The highest BCUT2D eigenvalue weighted by Crippen LogP contribution is 2.48. The lowest BCUT2D eigenvalue weighted by Crippen LogP contribution is -2.38. The summed E-state index contributed by atoms with van der Waals surface area (Å²) in [5, 5.41) is 20.4. The summed E-state index contributed by atoms with van der Waals surface area (Å²) in [5.74, 6) is -0.750.